The van der Waals surface area contributed by atoms with Gasteiger partial charge in [0.2, 0.25) is 17.6 Å². The van der Waals surface area contributed by atoms with Gasteiger partial charge in [-0.15, -0.1) is 5.10 Å². The molecule has 1 spiro atoms. The summed E-state index contributed by atoms with van der Waals surface area (Å²) in [7, 11) is 1.46. The number of aromatic hydroxyl groups is 1. The molecule has 5 aromatic rings. The Morgan fingerprint density at radius 1 is 1.14 bits per heavy atom. The first kappa shape index (κ1) is 38.0. The van der Waals surface area contributed by atoms with E-state index in [4.69, 9.17) is 26.1 Å². The molecule has 0 radical (unpaired) electrons. The van der Waals surface area contributed by atoms with Crippen LogP contribution < -0.4 is 15.6 Å². The molecule has 1 aromatic carbocycles. The van der Waals surface area contributed by atoms with Crippen LogP contribution in [0.5, 0.6) is 11.6 Å². The van der Waals surface area contributed by atoms with Crippen molar-refractivity contribution in [3.05, 3.63) is 92.6 Å². The minimum Gasteiger partial charge on any atom is -0.504 e. The van der Waals surface area contributed by atoms with Gasteiger partial charge in [0.15, 0.2) is 17.3 Å². The van der Waals surface area contributed by atoms with Crippen molar-refractivity contribution in [1.29, 1.82) is 0 Å². The molecule has 1 atom stereocenters. The van der Waals surface area contributed by atoms with E-state index in [0.29, 0.717) is 67.4 Å². The Labute approximate surface area is 327 Å². The number of halogens is 4. The molecule has 4 aromatic heterocycles. The van der Waals surface area contributed by atoms with Crippen molar-refractivity contribution in [3.63, 3.8) is 0 Å². The number of likely N-dealkylation sites (tertiary alicyclic amines) is 1. The number of alkyl halides is 3. The van der Waals surface area contributed by atoms with Crippen LogP contribution in [-0.2, 0) is 27.7 Å². The standard InChI is InChI=1S/C38H35ClF3N9O6/c1-20-17-37(8-11-49(12-9-37)35(55)30-32(53)29(44-19-45-30)22-5-10-43-27(15-22)56-2)28-31(20)50(18-26(52)46-25-4-3-23(16-24(25)39)38(40,41)42)36-47-33(48-51(36)34(28)54)21-6-13-57-14-7-21/h3-6,10,15-16,19-20,53H,7-9,11-14,17-18H2,1-2H3,(H,46,52). The van der Waals surface area contributed by atoms with Gasteiger partial charge in [-0.05, 0) is 61.4 Å². The molecule has 0 bridgehead atoms. The van der Waals surface area contributed by atoms with Crippen LogP contribution in [0.2, 0.25) is 5.02 Å². The number of methoxy groups -OCH3 is 1. The number of anilines is 1. The first-order valence-electron chi connectivity index (χ1n) is 18.1. The number of piperidine rings is 1. The van der Waals surface area contributed by atoms with Crippen LogP contribution in [0.4, 0.5) is 18.9 Å². The molecule has 2 amide bonds. The molecular formula is C38H35ClF3N9O6. The van der Waals surface area contributed by atoms with Gasteiger partial charge in [0.1, 0.15) is 18.6 Å². The smallest absolute Gasteiger partial charge is 0.416 e. The molecule has 1 fully saturated rings. The van der Waals surface area contributed by atoms with E-state index in [9.17, 15) is 32.7 Å². The number of aromatic nitrogens is 7. The molecule has 8 rings (SSSR count). The average Bonchev–Trinajstić information content (AvgIpc) is 3.77. The summed E-state index contributed by atoms with van der Waals surface area (Å²) in [5.41, 5.74) is 0.219. The third kappa shape index (κ3) is 6.85. The highest BCUT2D eigenvalue weighted by Gasteiger charge is 2.49. The third-order valence-electron chi connectivity index (χ3n) is 10.9. The lowest BCUT2D eigenvalue weighted by molar-refractivity contribution is -0.137. The highest BCUT2D eigenvalue weighted by atomic mass is 35.5. The third-order valence-corrected chi connectivity index (χ3v) is 11.2. The molecule has 2 aliphatic heterocycles. The lowest BCUT2D eigenvalue weighted by Gasteiger charge is -2.39. The second kappa shape index (κ2) is 14.6. The van der Waals surface area contributed by atoms with E-state index in [1.807, 2.05) is 13.0 Å². The molecule has 296 valence electrons. The minimum atomic E-state index is -4.62. The normalized spacial score (nSPS) is 17.8. The molecule has 3 aliphatic rings. The summed E-state index contributed by atoms with van der Waals surface area (Å²) in [6.45, 7) is 2.85. The summed E-state index contributed by atoms with van der Waals surface area (Å²) >= 11 is 6.17. The Bertz CT molecular complexity index is 2530. The number of nitrogens with one attached hydrogen (secondary N) is 1. The van der Waals surface area contributed by atoms with E-state index in [-0.39, 0.29) is 59.0 Å². The van der Waals surface area contributed by atoms with Gasteiger partial charge in [-0.2, -0.15) is 22.7 Å². The van der Waals surface area contributed by atoms with Gasteiger partial charge in [0.05, 0.1) is 36.6 Å². The topological polar surface area (TPSA) is 179 Å². The summed E-state index contributed by atoms with van der Waals surface area (Å²) in [5, 5.41) is 18.1. The minimum absolute atomic E-state index is 0.0122. The van der Waals surface area contributed by atoms with Gasteiger partial charge < -0.3 is 29.4 Å². The van der Waals surface area contributed by atoms with Gasteiger partial charge in [0, 0.05) is 47.6 Å². The zero-order chi connectivity index (χ0) is 40.2. The van der Waals surface area contributed by atoms with Crippen LogP contribution in [0.15, 0.2) is 53.7 Å². The lowest BCUT2D eigenvalue weighted by atomic mass is 9.73. The fourth-order valence-corrected chi connectivity index (χ4v) is 8.40. The van der Waals surface area contributed by atoms with Crippen LogP contribution in [-0.4, -0.2) is 89.4 Å². The van der Waals surface area contributed by atoms with Crippen molar-refractivity contribution >= 4 is 40.5 Å². The quantitative estimate of drug-likeness (QED) is 0.220. The summed E-state index contributed by atoms with van der Waals surface area (Å²) in [4.78, 5) is 60.8. The average molecular weight is 806 g/mol. The van der Waals surface area contributed by atoms with Crippen LogP contribution in [0.3, 0.4) is 0 Å². The Morgan fingerprint density at radius 2 is 1.93 bits per heavy atom. The predicted octanol–water partition coefficient (Wildman–Crippen LogP) is 5.25. The molecule has 15 nitrogen and oxygen atoms in total. The highest BCUT2D eigenvalue weighted by molar-refractivity contribution is 6.33. The second-order valence-corrected chi connectivity index (χ2v) is 14.7. The fraction of sp³-hybridized carbons (Fsp3) is 0.368. The number of rotatable bonds is 7. The predicted molar refractivity (Wildman–Crippen MR) is 199 cm³/mol. The number of ether oxygens (including phenoxy) is 2. The van der Waals surface area contributed by atoms with Gasteiger partial charge in [-0.1, -0.05) is 24.6 Å². The zero-order valence-corrected chi connectivity index (χ0v) is 31.4. The van der Waals surface area contributed by atoms with Crippen molar-refractivity contribution in [2.45, 2.75) is 56.7 Å². The maximum atomic E-state index is 14.6. The van der Waals surface area contributed by atoms with Crippen molar-refractivity contribution in [1.82, 2.24) is 39.0 Å². The van der Waals surface area contributed by atoms with Crippen molar-refractivity contribution in [3.8, 4) is 22.9 Å². The Morgan fingerprint density at radius 3 is 2.63 bits per heavy atom. The van der Waals surface area contributed by atoms with E-state index in [0.717, 1.165) is 23.8 Å². The van der Waals surface area contributed by atoms with E-state index in [1.54, 1.807) is 21.6 Å². The van der Waals surface area contributed by atoms with Gasteiger partial charge in [0.25, 0.3) is 11.5 Å². The molecule has 1 unspecified atom stereocenters. The van der Waals surface area contributed by atoms with Crippen molar-refractivity contribution < 1.29 is 37.3 Å². The zero-order valence-electron chi connectivity index (χ0n) is 30.6. The molecule has 0 saturated carbocycles. The van der Waals surface area contributed by atoms with E-state index in [1.165, 1.54) is 24.1 Å². The van der Waals surface area contributed by atoms with E-state index < -0.39 is 34.7 Å². The van der Waals surface area contributed by atoms with E-state index in [2.05, 4.69) is 25.4 Å². The summed E-state index contributed by atoms with van der Waals surface area (Å²) < 4.78 is 53.4. The van der Waals surface area contributed by atoms with E-state index >= 15 is 0 Å². The number of hydrogen-bond donors (Lipinski definition) is 2. The number of nitrogens with zero attached hydrogens (tertiary/aromatic N) is 8. The summed E-state index contributed by atoms with van der Waals surface area (Å²) in [6, 6.07) is 5.86. The maximum absolute atomic E-state index is 14.6. The SMILES string of the molecule is COc1cc(-c2ncnc(C(=O)N3CCC4(CC3)CC(C)c3c4c(=O)n4nc(C5=CCOCC5)nc4n3CC(=O)Nc3ccc(C(F)(F)F)cc3Cl)c2O)ccn1. The highest BCUT2D eigenvalue weighted by Crippen LogP contribution is 2.50. The number of carbonyl (C=O) groups is 2. The molecule has 19 heteroatoms. The van der Waals surface area contributed by atoms with Crippen molar-refractivity contribution in [2.24, 2.45) is 0 Å². The Hall–Kier alpha value is -5.88. The monoisotopic (exact) mass is 805 g/mol. The Kier molecular flexibility index (Phi) is 9.71. The Balaban J connectivity index is 1.12. The van der Waals surface area contributed by atoms with Gasteiger partial charge >= 0.3 is 6.18 Å². The van der Waals surface area contributed by atoms with Crippen molar-refractivity contribution in [2.75, 3.05) is 38.7 Å². The number of carbonyl (C=O) groups excluding carboxylic acids is 2. The van der Waals surface area contributed by atoms with Crippen LogP contribution in [0.25, 0.3) is 22.6 Å². The molecule has 1 saturated heterocycles. The van der Waals surface area contributed by atoms with Gasteiger partial charge in [-0.25, -0.2) is 15.0 Å². The maximum Gasteiger partial charge on any atom is 0.416 e. The molecule has 6 heterocycles. The number of benzene rings is 1. The number of amides is 2. The van der Waals surface area contributed by atoms with Crippen LogP contribution in [0.1, 0.15) is 71.7 Å². The summed E-state index contributed by atoms with van der Waals surface area (Å²) in [5.74, 6) is -0.996. The number of hydrogen-bond acceptors (Lipinski definition) is 11. The first-order valence-corrected chi connectivity index (χ1v) is 18.5. The second-order valence-electron chi connectivity index (χ2n) is 14.3. The first-order chi connectivity index (χ1) is 27.3. The lowest BCUT2D eigenvalue weighted by Crippen LogP contribution is -2.46. The largest absolute Gasteiger partial charge is 0.504 e. The number of pyridine rings is 1. The number of fused-ring (bicyclic) bond motifs is 3. The fourth-order valence-electron chi connectivity index (χ4n) is 8.17. The summed E-state index contributed by atoms with van der Waals surface area (Å²) in [6.07, 6.45) is 1.72. The van der Waals surface area contributed by atoms with Crippen LogP contribution in [0, 0.1) is 0 Å². The van der Waals surface area contributed by atoms with Gasteiger partial charge in [-0.3, -0.25) is 14.4 Å². The molecule has 1 aliphatic carbocycles. The molecule has 57 heavy (non-hydrogen) atoms. The van der Waals surface area contributed by atoms with Crippen LogP contribution >= 0.6 is 11.6 Å². The molecule has 2 N–H and O–H groups in total. The molecular weight excluding hydrogens is 771 g/mol.